The van der Waals surface area contributed by atoms with Gasteiger partial charge < -0.3 is 9.73 Å². The lowest BCUT2D eigenvalue weighted by Gasteiger charge is -2.09. The summed E-state index contributed by atoms with van der Waals surface area (Å²) >= 11 is 5.89. The van der Waals surface area contributed by atoms with Crippen LogP contribution in [0.15, 0.2) is 41.0 Å². The third kappa shape index (κ3) is 4.51. The standard InChI is InChI=1S/C13H13ClN2O4S/c1-21(18,19)16-12-7-9(4-5-11(12)14)13(17)15-8-10-3-2-6-20-10/h2-7,16H,8H2,1H3,(H,15,17). The summed E-state index contributed by atoms with van der Waals surface area (Å²) < 4.78 is 29.8. The zero-order valence-corrected chi connectivity index (χ0v) is 12.7. The number of benzene rings is 1. The van der Waals surface area contributed by atoms with Crippen LogP contribution in [0, 0.1) is 0 Å². The maximum atomic E-state index is 12.0. The fourth-order valence-corrected chi connectivity index (χ4v) is 2.42. The zero-order valence-electron chi connectivity index (χ0n) is 11.1. The number of rotatable bonds is 5. The Bertz CT molecular complexity index is 742. The topological polar surface area (TPSA) is 88.4 Å². The van der Waals surface area contributed by atoms with Crippen molar-refractivity contribution >= 4 is 33.2 Å². The molecular weight excluding hydrogens is 316 g/mol. The van der Waals surface area contributed by atoms with Crippen molar-refractivity contribution in [2.24, 2.45) is 0 Å². The van der Waals surface area contributed by atoms with Crippen molar-refractivity contribution in [3.63, 3.8) is 0 Å². The maximum Gasteiger partial charge on any atom is 0.251 e. The van der Waals surface area contributed by atoms with Gasteiger partial charge in [0.2, 0.25) is 10.0 Å². The molecule has 0 saturated carbocycles. The molecule has 0 fully saturated rings. The van der Waals surface area contributed by atoms with Gasteiger partial charge >= 0.3 is 0 Å². The molecule has 1 amide bonds. The molecule has 0 aliphatic carbocycles. The summed E-state index contributed by atoms with van der Waals surface area (Å²) in [7, 11) is -3.47. The molecule has 1 aromatic carbocycles. The fourth-order valence-electron chi connectivity index (χ4n) is 1.63. The number of anilines is 1. The van der Waals surface area contributed by atoms with Crippen LogP contribution in [0.1, 0.15) is 16.1 Å². The Balaban J connectivity index is 2.12. The summed E-state index contributed by atoms with van der Waals surface area (Å²) in [4.78, 5) is 12.0. The minimum absolute atomic E-state index is 0.157. The van der Waals surface area contributed by atoms with Crippen molar-refractivity contribution in [2.45, 2.75) is 6.54 Å². The molecule has 112 valence electrons. The lowest BCUT2D eigenvalue weighted by atomic mass is 10.2. The van der Waals surface area contributed by atoms with E-state index >= 15 is 0 Å². The average Bonchev–Trinajstić information content (AvgIpc) is 2.90. The lowest BCUT2D eigenvalue weighted by molar-refractivity contribution is 0.0948. The van der Waals surface area contributed by atoms with E-state index < -0.39 is 10.0 Å². The number of carbonyl (C=O) groups is 1. The van der Waals surface area contributed by atoms with Gasteiger partial charge in [-0.05, 0) is 30.3 Å². The summed E-state index contributed by atoms with van der Waals surface area (Å²) in [5.74, 6) is 0.256. The van der Waals surface area contributed by atoms with E-state index in [1.807, 2.05) is 0 Å². The molecule has 8 heteroatoms. The van der Waals surface area contributed by atoms with Crippen LogP contribution in [-0.4, -0.2) is 20.6 Å². The fraction of sp³-hybridized carbons (Fsp3) is 0.154. The number of carbonyl (C=O) groups excluding carboxylic acids is 1. The van der Waals surface area contributed by atoms with E-state index in [2.05, 4.69) is 10.0 Å². The molecule has 1 aromatic heterocycles. The van der Waals surface area contributed by atoms with Crippen molar-refractivity contribution < 1.29 is 17.6 Å². The lowest BCUT2D eigenvalue weighted by Crippen LogP contribution is -2.22. The van der Waals surface area contributed by atoms with Crippen LogP contribution in [0.2, 0.25) is 5.02 Å². The largest absolute Gasteiger partial charge is 0.467 e. The summed E-state index contributed by atoms with van der Waals surface area (Å²) in [6.07, 6.45) is 2.52. The van der Waals surface area contributed by atoms with Crippen molar-refractivity contribution in [3.05, 3.63) is 52.9 Å². The highest BCUT2D eigenvalue weighted by atomic mass is 35.5. The first-order chi connectivity index (χ1) is 9.85. The molecule has 2 rings (SSSR count). The molecule has 0 radical (unpaired) electrons. The van der Waals surface area contributed by atoms with Crippen molar-refractivity contribution in [1.29, 1.82) is 0 Å². The predicted molar refractivity (Wildman–Crippen MR) is 79.8 cm³/mol. The molecule has 0 atom stereocenters. The van der Waals surface area contributed by atoms with E-state index in [-0.39, 0.29) is 28.7 Å². The summed E-state index contributed by atoms with van der Waals surface area (Å²) in [5, 5.41) is 2.87. The molecule has 0 aliphatic heterocycles. The van der Waals surface area contributed by atoms with E-state index in [1.165, 1.54) is 24.5 Å². The van der Waals surface area contributed by atoms with Gasteiger partial charge in [0.25, 0.3) is 5.91 Å². The van der Waals surface area contributed by atoms with Gasteiger partial charge in [0, 0.05) is 5.56 Å². The van der Waals surface area contributed by atoms with Crippen molar-refractivity contribution in [1.82, 2.24) is 5.32 Å². The van der Waals surface area contributed by atoms with E-state index in [0.717, 1.165) is 6.26 Å². The van der Waals surface area contributed by atoms with Gasteiger partial charge in [-0.25, -0.2) is 8.42 Å². The molecule has 21 heavy (non-hydrogen) atoms. The smallest absolute Gasteiger partial charge is 0.251 e. The third-order valence-corrected chi connectivity index (χ3v) is 3.45. The monoisotopic (exact) mass is 328 g/mol. The minimum atomic E-state index is -3.47. The Hall–Kier alpha value is -1.99. The van der Waals surface area contributed by atoms with Gasteiger partial charge in [0.15, 0.2) is 0 Å². The van der Waals surface area contributed by atoms with E-state index in [4.69, 9.17) is 16.0 Å². The number of halogens is 1. The van der Waals surface area contributed by atoms with Gasteiger partial charge in [-0.2, -0.15) is 0 Å². The number of nitrogens with one attached hydrogen (secondary N) is 2. The molecule has 0 spiro atoms. The first kappa shape index (κ1) is 15.4. The molecule has 1 heterocycles. The van der Waals surface area contributed by atoms with Crippen LogP contribution in [0.25, 0.3) is 0 Å². The van der Waals surface area contributed by atoms with E-state index in [9.17, 15) is 13.2 Å². The normalized spacial score (nSPS) is 11.1. The predicted octanol–water partition coefficient (Wildman–Crippen LogP) is 2.23. The number of sulfonamides is 1. The van der Waals surface area contributed by atoms with Gasteiger partial charge in [-0.1, -0.05) is 11.6 Å². The maximum absolute atomic E-state index is 12.0. The number of hydrogen-bond acceptors (Lipinski definition) is 4. The minimum Gasteiger partial charge on any atom is -0.467 e. The first-order valence-electron chi connectivity index (χ1n) is 5.93. The second kappa shape index (κ2) is 6.19. The molecule has 6 nitrogen and oxygen atoms in total. The van der Waals surface area contributed by atoms with Crippen LogP contribution < -0.4 is 10.0 Å². The van der Waals surface area contributed by atoms with E-state index in [1.54, 1.807) is 12.1 Å². The van der Waals surface area contributed by atoms with Gasteiger partial charge in [-0.15, -0.1) is 0 Å². The highest BCUT2D eigenvalue weighted by Gasteiger charge is 2.11. The van der Waals surface area contributed by atoms with Gasteiger partial charge in [0.1, 0.15) is 5.76 Å². The van der Waals surface area contributed by atoms with Crippen LogP contribution in [0.3, 0.4) is 0 Å². The molecule has 0 bridgehead atoms. The summed E-state index contributed by atoms with van der Waals surface area (Å²) in [6, 6.07) is 7.79. The SMILES string of the molecule is CS(=O)(=O)Nc1cc(C(=O)NCc2ccco2)ccc1Cl. The number of amides is 1. The van der Waals surface area contributed by atoms with Crippen molar-refractivity contribution in [2.75, 3.05) is 11.0 Å². The second-order valence-electron chi connectivity index (χ2n) is 4.33. The molecule has 0 aliphatic rings. The Morgan fingerprint density at radius 1 is 1.33 bits per heavy atom. The average molecular weight is 329 g/mol. The van der Waals surface area contributed by atoms with Crippen molar-refractivity contribution in [3.8, 4) is 0 Å². The Morgan fingerprint density at radius 2 is 2.10 bits per heavy atom. The molecule has 2 N–H and O–H groups in total. The Kier molecular flexibility index (Phi) is 4.54. The second-order valence-corrected chi connectivity index (χ2v) is 6.49. The summed E-state index contributed by atoms with van der Waals surface area (Å²) in [5.41, 5.74) is 0.446. The van der Waals surface area contributed by atoms with Crippen LogP contribution in [0.5, 0.6) is 0 Å². The van der Waals surface area contributed by atoms with Gasteiger partial charge in [0.05, 0.1) is 29.8 Å². The number of hydrogen-bond donors (Lipinski definition) is 2. The number of furan rings is 1. The molecule has 0 saturated heterocycles. The van der Waals surface area contributed by atoms with Gasteiger partial charge in [-0.3, -0.25) is 9.52 Å². The highest BCUT2D eigenvalue weighted by molar-refractivity contribution is 7.92. The molecule has 0 unspecified atom stereocenters. The summed E-state index contributed by atoms with van der Waals surface area (Å²) in [6.45, 7) is 0.239. The van der Waals surface area contributed by atoms with E-state index in [0.29, 0.717) is 5.76 Å². The first-order valence-corrected chi connectivity index (χ1v) is 8.20. The third-order valence-electron chi connectivity index (χ3n) is 2.53. The van der Waals surface area contributed by atoms with Crippen LogP contribution in [0.4, 0.5) is 5.69 Å². The molecular formula is C13H13ClN2O4S. The Labute approximate surface area is 127 Å². The quantitative estimate of drug-likeness (QED) is 0.881. The van der Waals surface area contributed by atoms with Crippen LogP contribution in [-0.2, 0) is 16.6 Å². The zero-order chi connectivity index (χ0) is 15.5. The Morgan fingerprint density at radius 3 is 2.71 bits per heavy atom. The highest BCUT2D eigenvalue weighted by Crippen LogP contribution is 2.23. The van der Waals surface area contributed by atoms with Crippen LogP contribution >= 0.6 is 11.6 Å². The molecule has 2 aromatic rings.